The van der Waals surface area contributed by atoms with Crippen LogP contribution in [0.3, 0.4) is 0 Å². The second kappa shape index (κ2) is 11.6. The second-order valence-corrected chi connectivity index (χ2v) is 10.2. The Kier molecular flexibility index (Phi) is 7.82. The molecule has 2 saturated heterocycles. The maximum atomic E-state index is 13.8. The molecule has 0 atom stereocenters. The van der Waals surface area contributed by atoms with E-state index in [1.807, 2.05) is 59.5 Å². The highest BCUT2D eigenvalue weighted by Crippen LogP contribution is 2.32. The van der Waals surface area contributed by atoms with Crippen molar-refractivity contribution in [2.45, 2.75) is 19.8 Å². The topological polar surface area (TPSA) is 65.1 Å². The van der Waals surface area contributed by atoms with Gasteiger partial charge in [0.15, 0.2) is 0 Å². The first-order chi connectivity index (χ1) is 18.5. The average molecular weight is 513 g/mol. The van der Waals surface area contributed by atoms with E-state index in [1.165, 1.54) is 0 Å². The number of carbonyl (C=O) groups excluding carboxylic acids is 2. The van der Waals surface area contributed by atoms with Gasteiger partial charge in [-0.2, -0.15) is 0 Å². The predicted octanol–water partition coefficient (Wildman–Crippen LogP) is 5.15. The number of benzene rings is 3. The van der Waals surface area contributed by atoms with Crippen LogP contribution in [-0.4, -0.2) is 63.1 Å². The molecule has 0 unspecified atom stereocenters. The predicted molar refractivity (Wildman–Crippen MR) is 153 cm³/mol. The molecule has 7 nitrogen and oxygen atoms in total. The fraction of sp³-hybridized carbons (Fsp3) is 0.355. The molecule has 2 fully saturated rings. The maximum absolute atomic E-state index is 13.8. The van der Waals surface area contributed by atoms with Gasteiger partial charge in [-0.15, -0.1) is 0 Å². The van der Waals surface area contributed by atoms with Gasteiger partial charge < -0.3 is 24.8 Å². The van der Waals surface area contributed by atoms with Gasteiger partial charge in [-0.1, -0.05) is 37.3 Å². The molecule has 1 N–H and O–H groups in total. The van der Waals surface area contributed by atoms with Crippen LogP contribution in [0.25, 0.3) is 0 Å². The minimum Gasteiger partial charge on any atom is -0.495 e. The number of carbonyl (C=O) groups is 2. The number of rotatable bonds is 6. The minimum atomic E-state index is -0.186. The fourth-order valence-corrected chi connectivity index (χ4v) is 5.31. The fourth-order valence-electron chi connectivity index (χ4n) is 5.31. The third-order valence-corrected chi connectivity index (χ3v) is 7.64. The lowest BCUT2D eigenvalue weighted by Crippen LogP contribution is -2.47. The number of ether oxygens (including phenoxy) is 1. The number of nitrogens with zero attached hydrogens (tertiary/aromatic N) is 3. The van der Waals surface area contributed by atoms with Crippen molar-refractivity contribution in [2.24, 2.45) is 5.92 Å². The van der Waals surface area contributed by atoms with Crippen LogP contribution in [-0.2, 0) is 0 Å². The zero-order valence-electron chi connectivity index (χ0n) is 22.2. The van der Waals surface area contributed by atoms with Crippen LogP contribution in [0.5, 0.6) is 5.75 Å². The Morgan fingerprint density at radius 1 is 0.789 bits per heavy atom. The van der Waals surface area contributed by atoms with Crippen molar-refractivity contribution >= 4 is 28.9 Å². The molecular formula is C31H36N4O3. The normalized spacial score (nSPS) is 16.3. The van der Waals surface area contributed by atoms with Crippen molar-refractivity contribution < 1.29 is 14.3 Å². The molecule has 0 aromatic heterocycles. The standard InChI is InChI=1S/C31H36N4O3/c1-23-14-16-35(17-15-23)31(37)26-22-25(32-30(36)24-8-4-3-5-9-24)12-13-27(26)33-18-20-34(21-19-33)28-10-6-7-11-29(28)38-2/h3-13,22-23H,14-21H2,1-2H3,(H,32,36). The Morgan fingerprint density at radius 2 is 1.42 bits per heavy atom. The van der Waals surface area contributed by atoms with Gasteiger partial charge in [0.2, 0.25) is 0 Å². The Morgan fingerprint density at radius 3 is 2.11 bits per heavy atom. The van der Waals surface area contributed by atoms with E-state index in [1.54, 1.807) is 19.2 Å². The summed E-state index contributed by atoms with van der Waals surface area (Å²) < 4.78 is 5.57. The summed E-state index contributed by atoms with van der Waals surface area (Å²) in [4.78, 5) is 33.2. The zero-order chi connectivity index (χ0) is 26.5. The largest absolute Gasteiger partial charge is 0.495 e. The van der Waals surface area contributed by atoms with Gasteiger partial charge in [-0.25, -0.2) is 0 Å². The minimum absolute atomic E-state index is 0.0369. The number of piperazine rings is 1. The number of methoxy groups -OCH3 is 1. The molecular weight excluding hydrogens is 476 g/mol. The smallest absolute Gasteiger partial charge is 0.256 e. The highest BCUT2D eigenvalue weighted by molar-refractivity contribution is 6.06. The summed E-state index contributed by atoms with van der Waals surface area (Å²) in [6.07, 6.45) is 2.03. The molecule has 38 heavy (non-hydrogen) atoms. The van der Waals surface area contributed by atoms with Gasteiger partial charge in [0.05, 0.1) is 18.4 Å². The Balaban J connectivity index is 1.38. The van der Waals surface area contributed by atoms with E-state index in [2.05, 4.69) is 28.1 Å². The van der Waals surface area contributed by atoms with Crippen LogP contribution in [0.2, 0.25) is 0 Å². The molecule has 0 radical (unpaired) electrons. The number of nitrogens with one attached hydrogen (secondary N) is 1. The zero-order valence-corrected chi connectivity index (χ0v) is 22.2. The molecule has 3 aromatic rings. The van der Waals surface area contributed by atoms with Crippen LogP contribution in [0.1, 0.15) is 40.5 Å². The van der Waals surface area contributed by atoms with Gasteiger partial charge in [0, 0.05) is 56.2 Å². The summed E-state index contributed by atoms with van der Waals surface area (Å²) >= 11 is 0. The van der Waals surface area contributed by atoms with Gasteiger partial charge in [0.25, 0.3) is 11.8 Å². The van der Waals surface area contributed by atoms with Crippen molar-refractivity contribution in [3.63, 3.8) is 0 Å². The molecule has 198 valence electrons. The summed E-state index contributed by atoms with van der Waals surface area (Å²) in [5.41, 5.74) is 3.88. The maximum Gasteiger partial charge on any atom is 0.256 e. The van der Waals surface area contributed by atoms with Gasteiger partial charge >= 0.3 is 0 Å². The molecule has 7 heteroatoms. The average Bonchev–Trinajstić information content (AvgIpc) is 2.97. The van der Waals surface area contributed by atoms with E-state index in [0.717, 1.165) is 69.2 Å². The Hall–Kier alpha value is -4.00. The molecule has 3 aromatic carbocycles. The lowest BCUT2D eigenvalue weighted by Gasteiger charge is -2.39. The Bertz CT molecular complexity index is 1260. The lowest BCUT2D eigenvalue weighted by molar-refractivity contribution is 0.0697. The van der Waals surface area contributed by atoms with E-state index >= 15 is 0 Å². The molecule has 5 rings (SSSR count). The number of anilines is 3. The second-order valence-electron chi connectivity index (χ2n) is 10.2. The van der Waals surface area contributed by atoms with Crippen LogP contribution >= 0.6 is 0 Å². The summed E-state index contributed by atoms with van der Waals surface area (Å²) in [7, 11) is 1.70. The highest BCUT2D eigenvalue weighted by atomic mass is 16.5. The van der Waals surface area contributed by atoms with Crippen molar-refractivity contribution in [1.82, 2.24) is 4.90 Å². The van der Waals surface area contributed by atoms with Crippen molar-refractivity contribution in [2.75, 3.05) is 61.5 Å². The number of likely N-dealkylation sites (tertiary alicyclic amines) is 1. The summed E-state index contributed by atoms with van der Waals surface area (Å²) in [5.74, 6) is 1.36. The SMILES string of the molecule is COc1ccccc1N1CCN(c2ccc(NC(=O)c3ccccc3)cc2C(=O)N2CCC(C)CC2)CC1. The number of piperidine rings is 1. The van der Waals surface area contributed by atoms with Crippen LogP contribution in [0, 0.1) is 5.92 Å². The summed E-state index contributed by atoms with van der Waals surface area (Å²) in [6, 6.07) is 23.0. The number of para-hydroxylation sites is 2. The summed E-state index contributed by atoms with van der Waals surface area (Å²) in [6.45, 7) is 6.98. The van der Waals surface area contributed by atoms with E-state index in [0.29, 0.717) is 22.7 Å². The van der Waals surface area contributed by atoms with Crippen LogP contribution < -0.4 is 19.9 Å². The van der Waals surface area contributed by atoms with E-state index in [9.17, 15) is 9.59 Å². The molecule has 0 spiro atoms. The first kappa shape index (κ1) is 25.6. The van der Waals surface area contributed by atoms with E-state index in [-0.39, 0.29) is 11.8 Å². The van der Waals surface area contributed by atoms with Gasteiger partial charge in [-0.3, -0.25) is 9.59 Å². The Labute approximate surface area is 225 Å². The van der Waals surface area contributed by atoms with E-state index < -0.39 is 0 Å². The molecule has 2 aliphatic heterocycles. The summed E-state index contributed by atoms with van der Waals surface area (Å²) in [5, 5.41) is 2.98. The van der Waals surface area contributed by atoms with Crippen molar-refractivity contribution in [1.29, 1.82) is 0 Å². The molecule has 2 amide bonds. The first-order valence-corrected chi connectivity index (χ1v) is 13.5. The quantitative estimate of drug-likeness (QED) is 0.495. The van der Waals surface area contributed by atoms with E-state index in [4.69, 9.17) is 4.74 Å². The monoisotopic (exact) mass is 512 g/mol. The molecule has 0 aliphatic carbocycles. The molecule has 0 saturated carbocycles. The lowest BCUT2D eigenvalue weighted by atomic mass is 9.98. The number of hydrogen-bond donors (Lipinski definition) is 1. The molecule has 0 bridgehead atoms. The number of hydrogen-bond acceptors (Lipinski definition) is 5. The van der Waals surface area contributed by atoms with Crippen LogP contribution in [0.4, 0.5) is 17.1 Å². The van der Waals surface area contributed by atoms with Crippen molar-refractivity contribution in [3.05, 3.63) is 83.9 Å². The third-order valence-electron chi connectivity index (χ3n) is 7.64. The van der Waals surface area contributed by atoms with Gasteiger partial charge in [-0.05, 0) is 61.2 Å². The van der Waals surface area contributed by atoms with Crippen LogP contribution in [0.15, 0.2) is 72.8 Å². The number of amides is 2. The highest BCUT2D eigenvalue weighted by Gasteiger charge is 2.27. The first-order valence-electron chi connectivity index (χ1n) is 13.5. The molecule has 2 heterocycles. The third kappa shape index (κ3) is 5.62. The van der Waals surface area contributed by atoms with Gasteiger partial charge in [0.1, 0.15) is 5.75 Å². The molecule has 2 aliphatic rings. The van der Waals surface area contributed by atoms with Crippen molar-refractivity contribution in [3.8, 4) is 5.75 Å².